The number of carboxylic acids is 1. The highest BCUT2D eigenvalue weighted by Crippen LogP contribution is 2.48. The fourth-order valence-corrected chi connectivity index (χ4v) is 3.65. The van der Waals surface area contributed by atoms with Crippen LogP contribution in [-0.4, -0.2) is 17.0 Å². The van der Waals surface area contributed by atoms with Crippen molar-refractivity contribution in [2.45, 2.75) is 19.9 Å². The molecule has 1 saturated carbocycles. The minimum atomic E-state index is -0.859. The largest absolute Gasteiger partial charge is 0.481 e. The summed E-state index contributed by atoms with van der Waals surface area (Å²) in [5.74, 6) is -1.90. The Morgan fingerprint density at radius 3 is 2.62 bits per heavy atom. The van der Waals surface area contributed by atoms with Gasteiger partial charge in [-0.15, -0.1) is 0 Å². The van der Waals surface area contributed by atoms with E-state index in [9.17, 15) is 14.7 Å². The Morgan fingerprint density at radius 1 is 1.24 bits per heavy atom. The van der Waals surface area contributed by atoms with Crippen LogP contribution in [0.1, 0.15) is 17.5 Å². The Morgan fingerprint density at radius 2 is 1.95 bits per heavy atom. The molecule has 0 aromatic heterocycles. The Hall–Kier alpha value is -2.10. The maximum atomic E-state index is 12.4. The zero-order valence-electron chi connectivity index (χ0n) is 12.0. The highest BCUT2D eigenvalue weighted by atomic mass is 16.4. The predicted molar refractivity (Wildman–Crippen MR) is 78.4 cm³/mol. The van der Waals surface area contributed by atoms with Crippen molar-refractivity contribution in [1.29, 1.82) is 0 Å². The molecule has 4 nitrogen and oxygen atoms in total. The van der Waals surface area contributed by atoms with Gasteiger partial charge in [0.05, 0.1) is 11.8 Å². The molecule has 1 aromatic carbocycles. The molecule has 1 amide bonds. The molecule has 4 atom stereocenters. The number of hydrogen-bond acceptors (Lipinski definition) is 2. The third-order valence-electron chi connectivity index (χ3n) is 4.60. The lowest BCUT2D eigenvalue weighted by molar-refractivity contribution is -0.147. The summed E-state index contributed by atoms with van der Waals surface area (Å²) in [7, 11) is 0. The Balaban J connectivity index is 1.68. The van der Waals surface area contributed by atoms with Crippen LogP contribution in [0.2, 0.25) is 0 Å². The summed E-state index contributed by atoms with van der Waals surface area (Å²) in [5.41, 5.74) is 2.18. The van der Waals surface area contributed by atoms with Crippen LogP contribution in [0.25, 0.3) is 0 Å². The topological polar surface area (TPSA) is 66.4 Å². The summed E-state index contributed by atoms with van der Waals surface area (Å²) >= 11 is 0. The summed E-state index contributed by atoms with van der Waals surface area (Å²) in [4.78, 5) is 23.8. The summed E-state index contributed by atoms with van der Waals surface area (Å²) in [6, 6.07) is 7.95. The Labute approximate surface area is 123 Å². The maximum absolute atomic E-state index is 12.4. The predicted octanol–water partition coefficient (Wildman–Crippen LogP) is 2.13. The van der Waals surface area contributed by atoms with Crippen molar-refractivity contribution in [3.05, 3.63) is 47.5 Å². The summed E-state index contributed by atoms with van der Waals surface area (Å²) in [6.07, 6.45) is 4.74. The van der Waals surface area contributed by atoms with Crippen LogP contribution in [0.4, 0.5) is 0 Å². The van der Waals surface area contributed by atoms with Gasteiger partial charge in [-0.05, 0) is 30.7 Å². The van der Waals surface area contributed by atoms with Gasteiger partial charge in [-0.2, -0.15) is 0 Å². The SMILES string of the molecule is Cc1cccc(CNC(=O)C2C3C=CC(C3)C2C(=O)O)c1. The minimum absolute atomic E-state index is 0.0159. The second-order valence-corrected chi connectivity index (χ2v) is 6.04. The maximum Gasteiger partial charge on any atom is 0.307 e. The lowest BCUT2D eigenvalue weighted by Crippen LogP contribution is -2.39. The monoisotopic (exact) mass is 285 g/mol. The molecule has 0 spiro atoms. The molecule has 0 radical (unpaired) electrons. The van der Waals surface area contributed by atoms with E-state index in [0.29, 0.717) is 6.54 Å². The van der Waals surface area contributed by atoms with Crippen molar-refractivity contribution in [3.8, 4) is 0 Å². The van der Waals surface area contributed by atoms with Crippen molar-refractivity contribution >= 4 is 11.9 Å². The van der Waals surface area contributed by atoms with E-state index in [1.165, 1.54) is 0 Å². The fraction of sp³-hybridized carbons (Fsp3) is 0.412. The number of fused-ring (bicyclic) bond motifs is 2. The second kappa shape index (κ2) is 5.35. The molecular weight excluding hydrogens is 266 g/mol. The molecular formula is C17H19NO3. The van der Waals surface area contributed by atoms with Gasteiger partial charge in [0, 0.05) is 6.54 Å². The van der Waals surface area contributed by atoms with Crippen LogP contribution in [-0.2, 0) is 16.1 Å². The number of carboxylic acid groups (broad SMARTS) is 1. The Bertz CT molecular complexity index is 608. The second-order valence-electron chi connectivity index (χ2n) is 6.04. The highest BCUT2D eigenvalue weighted by molar-refractivity contribution is 5.86. The minimum Gasteiger partial charge on any atom is -0.481 e. The van der Waals surface area contributed by atoms with Gasteiger partial charge in [-0.25, -0.2) is 0 Å². The van der Waals surface area contributed by atoms with Gasteiger partial charge >= 0.3 is 5.97 Å². The number of hydrogen-bond donors (Lipinski definition) is 2. The molecule has 3 rings (SSSR count). The van der Waals surface area contributed by atoms with Crippen molar-refractivity contribution in [3.63, 3.8) is 0 Å². The van der Waals surface area contributed by atoms with Crippen LogP contribution in [0.15, 0.2) is 36.4 Å². The third kappa shape index (κ3) is 2.58. The normalized spacial score (nSPS) is 29.6. The standard InChI is InChI=1S/C17H19NO3/c1-10-3-2-4-11(7-10)9-18-16(19)14-12-5-6-13(8-12)15(14)17(20)21/h2-7,12-15H,8-9H2,1H3,(H,18,19)(H,20,21). The van der Waals surface area contributed by atoms with Gasteiger partial charge in [-0.1, -0.05) is 42.0 Å². The molecule has 2 aliphatic carbocycles. The van der Waals surface area contributed by atoms with Gasteiger partial charge in [0.1, 0.15) is 0 Å². The number of aliphatic carboxylic acids is 1. The summed E-state index contributed by atoms with van der Waals surface area (Å²) in [6.45, 7) is 2.46. The van der Waals surface area contributed by atoms with Crippen molar-refractivity contribution < 1.29 is 14.7 Å². The number of aryl methyl sites for hydroxylation is 1. The first-order valence-corrected chi connectivity index (χ1v) is 7.30. The number of rotatable bonds is 4. The quantitative estimate of drug-likeness (QED) is 0.833. The fourth-order valence-electron chi connectivity index (χ4n) is 3.65. The van der Waals surface area contributed by atoms with Crippen molar-refractivity contribution in [2.75, 3.05) is 0 Å². The van der Waals surface area contributed by atoms with Crippen LogP contribution < -0.4 is 5.32 Å². The molecule has 0 aliphatic heterocycles. The summed E-state index contributed by atoms with van der Waals surface area (Å²) in [5, 5.41) is 12.3. The number of carbonyl (C=O) groups is 2. The van der Waals surface area contributed by atoms with E-state index in [2.05, 4.69) is 5.32 Å². The lowest BCUT2D eigenvalue weighted by atomic mass is 9.82. The first-order chi connectivity index (χ1) is 10.1. The van der Waals surface area contributed by atoms with E-state index in [4.69, 9.17) is 0 Å². The first-order valence-electron chi connectivity index (χ1n) is 7.30. The van der Waals surface area contributed by atoms with Crippen LogP contribution in [0.5, 0.6) is 0 Å². The zero-order valence-corrected chi connectivity index (χ0v) is 12.0. The molecule has 110 valence electrons. The third-order valence-corrected chi connectivity index (χ3v) is 4.60. The van der Waals surface area contributed by atoms with Crippen LogP contribution >= 0.6 is 0 Å². The molecule has 1 fully saturated rings. The number of benzene rings is 1. The molecule has 0 saturated heterocycles. The number of nitrogens with one attached hydrogen (secondary N) is 1. The smallest absolute Gasteiger partial charge is 0.307 e. The number of amides is 1. The zero-order chi connectivity index (χ0) is 15.0. The van der Waals surface area contributed by atoms with Crippen LogP contribution in [0, 0.1) is 30.6 Å². The average molecular weight is 285 g/mol. The van der Waals surface area contributed by atoms with E-state index >= 15 is 0 Å². The molecule has 1 aromatic rings. The molecule has 4 unspecified atom stereocenters. The van der Waals surface area contributed by atoms with Crippen molar-refractivity contribution in [1.82, 2.24) is 5.32 Å². The summed E-state index contributed by atoms with van der Waals surface area (Å²) < 4.78 is 0. The molecule has 21 heavy (non-hydrogen) atoms. The van der Waals surface area contributed by atoms with Gasteiger partial charge in [0.2, 0.25) is 5.91 Å². The lowest BCUT2D eigenvalue weighted by Gasteiger charge is -2.23. The van der Waals surface area contributed by atoms with Gasteiger partial charge in [0.25, 0.3) is 0 Å². The first kappa shape index (κ1) is 13.9. The molecule has 2 bridgehead atoms. The van der Waals surface area contributed by atoms with Crippen LogP contribution in [0.3, 0.4) is 0 Å². The molecule has 2 aliphatic rings. The van der Waals surface area contributed by atoms with E-state index < -0.39 is 17.8 Å². The molecule has 2 N–H and O–H groups in total. The molecule has 0 heterocycles. The van der Waals surface area contributed by atoms with E-state index in [1.807, 2.05) is 43.3 Å². The molecule has 4 heteroatoms. The number of carbonyl (C=O) groups excluding carboxylic acids is 1. The van der Waals surface area contributed by atoms with Crippen molar-refractivity contribution in [2.24, 2.45) is 23.7 Å². The van der Waals surface area contributed by atoms with Gasteiger partial charge in [-0.3, -0.25) is 9.59 Å². The average Bonchev–Trinajstić information content (AvgIpc) is 3.05. The highest BCUT2D eigenvalue weighted by Gasteiger charge is 2.51. The van der Waals surface area contributed by atoms with Gasteiger partial charge in [0.15, 0.2) is 0 Å². The number of allylic oxidation sites excluding steroid dienone is 2. The van der Waals surface area contributed by atoms with Gasteiger partial charge < -0.3 is 10.4 Å². The van der Waals surface area contributed by atoms with E-state index in [-0.39, 0.29) is 17.7 Å². The van der Waals surface area contributed by atoms with E-state index in [1.54, 1.807) is 0 Å². The Kier molecular flexibility index (Phi) is 3.53. The van der Waals surface area contributed by atoms with E-state index in [0.717, 1.165) is 17.5 Å².